The van der Waals surface area contributed by atoms with Crippen molar-refractivity contribution in [3.05, 3.63) is 34.4 Å². The van der Waals surface area contributed by atoms with Crippen molar-refractivity contribution in [3.8, 4) is 0 Å². The third kappa shape index (κ3) is 3.10. The summed E-state index contributed by atoms with van der Waals surface area (Å²) < 4.78 is 0. The van der Waals surface area contributed by atoms with Crippen LogP contribution in [0, 0.1) is 20.8 Å². The van der Waals surface area contributed by atoms with E-state index in [-0.39, 0.29) is 0 Å². The van der Waals surface area contributed by atoms with Crippen LogP contribution in [0.3, 0.4) is 0 Å². The Hall–Kier alpha value is -0.340. The van der Waals surface area contributed by atoms with E-state index in [1.807, 2.05) is 0 Å². The summed E-state index contributed by atoms with van der Waals surface area (Å²) in [6.07, 6.45) is 1.11. The predicted molar refractivity (Wildman–Crippen MR) is 66.2 cm³/mol. The van der Waals surface area contributed by atoms with Crippen molar-refractivity contribution in [3.63, 3.8) is 0 Å². The Labute approximate surface area is 95.0 Å². The van der Waals surface area contributed by atoms with Crippen LogP contribution in [0.2, 0.25) is 0 Å². The maximum atomic E-state index is 3.36. The summed E-state index contributed by atoms with van der Waals surface area (Å²) in [4.78, 5) is 0. The first kappa shape index (κ1) is 11.7. The molecule has 0 unspecified atom stereocenters. The number of halogens is 1. The van der Waals surface area contributed by atoms with E-state index in [0.717, 1.165) is 18.4 Å². The van der Waals surface area contributed by atoms with Gasteiger partial charge in [-0.05, 0) is 56.0 Å². The molecule has 78 valence electrons. The number of benzene rings is 1. The van der Waals surface area contributed by atoms with Crippen LogP contribution in [0.15, 0.2) is 12.1 Å². The molecular formula is C12H18BrN. The molecule has 0 fully saturated rings. The highest BCUT2D eigenvalue weighted by Crippen LogP contribution is 2.15. The minimum atomic E-state index is 0.872. The lowest BCUT2D eigenvalue weighted by Gasteiger charge is -2.09. The lowest BCUT2D eigenvalue weighted by atomic mass is 9.99. The molecule has 0 radical (unpaired) electrons. The molecule has 0 aliphatic heterocycles. The second-order valence-electron chi connectivity index (χ2n) is 3.75. The summed E-state index contributed by atoms with van der Waals surface area (Å²) in [6.45, 7) is 7.57. The quantitative estimate of drug-likeness (QED) is 0.496. The standard InChI is InChI=1S/C12H18BrN/c1-9-6-11(3)12(7-10(9)2)4-5-14-8-13/h6-7,14H,4-5,8H2,1-3H3. The Bertz CT molecular complexity index is 307. The molecule has 0 aliphatic carbocycles. The molecule has 0 amide bonds. The van der Waals surface area contributed by atoms with Gasteiger partial charge in [-0.2, -0.15) is 0 Å². The van der Waals surface area contributed by atoms with E-state index >= 15 is 0 Å². The molecule has 2 heteroatoms. The van der Waals surface area contributed by atoms with Crippen LogP contribution in [-0.2, 0) is 6.42 Å². The average Bonchev–Trinajstić information content (AvgIpc) is 2.14. The highest BCUT2D eigenvalue weighted by molar-refractivity contribution is 9.09. The zero-order valence-electron chi connectivity index (χ0n) is 9.15. The molecule has 0 aliphatic rings. The minimum Gasteiger partial charge on any atom is -0.307 e. The van der Waals surface area contributed by atoms with E-state index in [4.69, 9.17) is 0 Å². The monoisotopic (exact) mass is 255 g/mol. The molecule has 14 heavy (non-hydrogen) atoms. The van der Waals surface area contributed by atoms with E-state index in [9.17, 15) is 0 Å². The van der Waals surface area contributed by atoms with E-state index in [1.165, 1.54) is 22.3 Å². The Morgan fingerprint density at radius 1 is 1.07 bits per heavy atom. The molecule has 0 spiro atoms. The van der Waals surface area contributed by atoms with Crippen LogP contribution in [0.25, 0.3) is 0 Å². The fraction of sp³-hybridized carbons (Fsp3) is 0.500. The SMILES string of the molecule is Cc1cc(C)c(CCNCBr)cc1C. The van der Waals surface area contributed by atoms with Gasteiger partial charge in [0.15, 0.2) is 0 Å². The summed E-state index contributed by atoms with van der Waals surface area (Å²) in [6, 6.07) is 4.58. The zero-order chi connectivity index (χ0) is 10.6. The summed E-state index contributed by atoms with van der Waals surface area (Å²) in [5.41, 5.74) is 6.52. The van der Waals surface area contributed by atoms with Crippen molar-refractivity contribution in [2.45, 2.75) is 27.2 Å². The predicted octanol–water partition coefficient (Wildman–Crippen LogP) is 3.10. The number of aryl methyl sites for hydroxylation is 3. The second-order valence-corrected chi connectivity index (χ2v) is 4.31. The van der Waals surface area contributed by atoms with Crippen molar-refractivity contribution in [2.24, 2.45) is 0 Å². The van der Waals surface area contributed by atoms with Gasteiger partial charge in [-0.15, -0.1) is 0 Å². The normalized spacial score (nSPS) is 10.6. The molecule has 0 bridgehead atoms. The summed E-state index contributed by atoms with van der Waals surface area (Å²) in [7, 11) is 0. The smallest absolute Gasteiger partial charge is 0.0517 e. The largest absolute Gasteiger partial charge is 0.307 e. The molecular weight excluding hydrogens is 238 g/mol. The Balaban J connectivity index is 2.72. The number of hydrogen-bond acceptors (Lipinski definition) is 1. The van der Waals surface area contributed by atoms with Gasteiger partial charge in [0.2, 0.25) is 0 Å². The maximum Gasteiger partial charge on any atom is 0.0517 e. The molecule has 0 heterocycles. The molecule has 1 nitrogen and oxygen atoms in total. The first-order valence-corrected chi connectivity index (χ1v) is 6.10. The molecule has 1 aromatic carbocycles. The highest BCUT2D eigenvalue weighted by atomic mass is 79.9. The first-order chi connectivity index (χ1) is 6.65. The Morgan fingerprint density at radius 2 is 1.71 bits per heavy atom. The topological polar surface area (TPSA) is 12.0 Å². The van der Waals surface area contributed by atoms with Gasteiger partial charge in [-0.25, -0.2) is 0 Å². The third-order valence-electron chi connectivity index (χ3n) is 2.62. The number of nitrogens with one attached hydrogen (secondary N) is 1. The lowest BCUT2D eigenvalue weighted by molar-refractivity contribution is 0.775. The van der Waals surface area contributed by atoms with Gasteiger partial charge in [0.05, 0.1) is 5.45 Å². The van der Waals surface area contributed by atoms with Crippen molar-refractivity contribution < 1.29 is 0 Å². The van der Waals surface area contributed by atoms with E-state index < -0.39 is 0 Å². The Morgan fingerprint density at radius 3 is 2.36 bits per heavy atom. The van der Waals surface area contributed by atoms with Gasteiger partial charge in [-0.3, -0.25) is 0 Å². The van der Waals surface area contributed by atoms with Crippen molar-refractivity contribution >= 4 is 15.9 Å². The minimum absolute atomic E-state index is 0.872. The number of rotatable bonds is 4. The first-order valence-electron chi connectivity index (χ1n) is 4.98. The third-order valence-corrected chi connectivity index (χ3v) is 3.01. The molecule has 0 atom stereocenters. The number of alkyl halides is 1. The van der Waals surface area contributed by atoms with Gasteiger partial charge in [-0.1, -0.05) is 28.1 Å². The van der Waals surface area contributed by atoms with Crippen molar-refractivity contribution in [2.75, 3.05) is 12.0 Å². The second kappa shape index (κ2) is 5.52. The zero-order valence-corrected chi connectivity index (χ0v) is 10.7. The van der Waals surface area contributed by atoms with Crippen LogP contribution in [0.1, 0.15) is 22.3 Å². The van der Waals surface area contributed by atoms with Crippen LogP contribution in [0.5, 0.6) is 0 Å². The van der Waals surface area contributed by atoms with Crippen LogP contribution < -0.4 is 5.32 Å². The molecule has 1 aromatic rings. The summed E-state index contributed by atoms with van der Waals surface area (Å²) >= 11 is 3.36. The van der Waals surface area contributed by atoms with Crippen molar-refractivity contribution in [1.82, 2.24) is 5.32 Å². The molecule has 1 rings (SSSR count). The van der Waals surface area contributed by atoms with Crippen LogP contribution >= 0.6 is 15.9 Å². The summed E-state index contributed by atoms with van der Waals surface area (Å²) in [5.74, 6) is 0. The summed E-state index contributed by atoms with van der Waals surface area (Å²) in [5, 5.41) is 3.27. The van der Waals surface area contributed by atoms with E-state index in [2.05, 4.69) is 54.2 Å². The fourth-order valence-electron chi connectivity index (χ4n) is 1.58. The van der Waals surface area contributed by atoms with E-state index in [1.54, 1.807) is 0 Å². The average molecular weight is 256 g/mol. The highest BCUT2D eigenvalue weighted by Gasteiger charge is 2.01. The maximum absolute atomic E-state index is 3.36. The van der Waals surface area contributed by atoms with Gasteiger partial charge < -0.3 is 5.32 Å². The number of hydrogen-bond donors (Lipinski definition) is 1. The van der Waals surface area contributed by atoms with Crippen molar-refractivity contribution in [1.29, 1.82) is 0 Å². The molecule has 0 aromatic heterocycles. The molecule has 0 saturated carbocycles. The fourth-order valence-corrected chi connectivity index (χ4v) is 1.86. The van der Waals surface area contributed by atoms with Crippen LogP contribution in [0.4, 0.5) is 0 Å². The molecule has 1 N–H and O–H groups in total. The van der Waals surface area contributed by atoms with Gasteiger partial charge in [0.1, 0.15) is 0 Å². The van der Waals surface area contributed by atoms with E-state index in [0.29, 0.717) is 0 Å². The molecule has 0 saturated heterocycles. The van der Waals surface area contributed by atoms with Crippen LogP contribution in [-0.4, -0.2) is 12.0 Å². The van der Waals surface area contributed by atoms with Gasteiger partial charge in [0, 0.05) is 0 Å². The lowest BCUT2D eigenvalue weighted by Crippen LogP contribution is -2.15. The Kier molecular flexibility index (Phi) is 4.63. The van der Waals surface area contributed by atoms with Gasteiger partial charge >= 0.3 is 0 Å². The van der Waals surface area contributed by atoms with Gasteiger partial charge in [0.25, 0.3) is 0 Å².